The molecule has 0 aliphatic heterocycles. The summed E-state index contributed by atoms with van der Waals surface area (Å²) in [6, 6.07) is 112. The number of aromatic nitrogens is 2. The molecule has 0 spiro atoms. The topological polar surface area (TPSA) is 73.5 Å². The van der Waals surface area contributed by atoms with Crippen LogP contribution in [0.1, 0.15) is 0 Å². The minimum atomic E-state index is -0.402. The van der Waals surface area contributed by atoms with Gasteiger partial charge < -0.3 is 22.9 Å². The predicted octanol–water partition coefficient (Wildman–Crippen LogP) is 22.2. The number of hydrogen-bond acceptors (Lipinski definition) is 5. The molecule has 18 aromatic rings. The van der Waals surface area contributed by atoms with Crippen molar-refractivity contribution in [3.8, 4) is 67.0 Å². The molecular formula is C86H53N3O4. The third-order valence-electron chi connectivity index (χ3n) is 18.5. The lowest BCUT2D eigenvalue weighted by Gasteiger charge is -2.26. The van der Waals surface area contributed by atoms with E-state index in [4.69, 9.17) is 8.83 Å². The van der Waals surface area contributed by atoms with E-state index < -0.39 is 5.63 Å². The van der Waals surface area contributed by atoms with Crippen molar-refractivity contribution in [3.05, 3.63) is 342 Å². The van der Waals surface area contributed by atoms with Gasteiger partial charge in [0, 0.05) is 77.1 Å². The van der Waals surface area contributed by atoms with Crippen LogP contribution in [0.3, 0.4) is 0 Å². The Morgan fingerprint density at radius 3 is 1.34 bits per heavy atom. The number of anilines is 3. The lowest BCUT2D eigenvalue weighted by atomic mass is 9.94. The van der Waals surface area contributed by atoms with Crippen LogP contribution in [0, 0.1) is 0 Å². The zero-order valence-corrected chi connectivity index (χ0v) is 50.1. The van der Waals surface area contributed by atoms with Gasteiger partial charge in [0.05, 0.1) is 32.8 Å². The SMILES string of the molecule is O=c1oc2ccc3c(c4ccccc4n3-c3cccc(-c4cccc(N(c5ccccc5)c5cccc(-c6ccc7c(c6)c(=O)oc6c(-c8ccccc8)cc8c(c9ccccc9n8-c8cc(-c9ccccc9)cc(-c9ccccc9)c8)c67)c5)c4)c3)c2c2ccccc12. The molecule has 7 heteroatoms. The van der Waals surface area contributed by atoms with Crippen LogP contribution in [0.5, 0.6) is 0 Å². The first-order chi connectivity index (χ1) is 46.0. The average Bonchev–Trinajstić information content (AvgIpc) is 1.51. The number of para-hydroxylation sites is 3. The molecule has 436 valence electrons. The Labute approximate surface area is 533 Å². The molecule has 18 rings (SSSR count). The number of fused-ring (bicyclic) bond motifs is 14. The van der Waals surface area contributed by atoms with Crippen LogP contribution in [-0.4, -0.2) is 9.13 Å². The van der Waals surface area contributed by atoms with Crippen molar-refractivity contribution in [2.24, 2.45) is 0 Å². The first-order valence-corrected chi connectivity index (χ1v) is 31.3. The summed E-state index contributed by atoms with van der Waals surface area (Å²) in [5.41, 5.74) is 19.6. The van der Waals surface area contributed by atoms with Crippen molar-refractivity contribution in [2.75, 3.05) is 4.90 Å². The van der Waals surface area contributed by atoms with E-state index in [-0.39, 0.29) is 5.63 Å². The molecule has 4 aromatic heterocycles. The highest BCUT2D eigenvalue weighted by molar-refractivity contribution is 6.30. The van der Waals surface area contributed by atoms with Crippen molar-refractivity contribution in [3.63, 3.8) is 0 Å². The second-order valence-corrected chi connectivity index (χ2v) is 23.8. The number of rotatable bonds is 10. The molecule has 0 aliphatic rings. The van der Waals surface area contributed by atoms with Gasteiger partial charge in [0.1, 0.15) is 11.2 Å². The third-order valence-corrected chi connectivity index (χ3v) is 18.5. The minimum absolute atomic E-state index is 0.342. The molecule has 0 radical (unpaired) electrons. The normalized spacial score (nSPS) is 11.7. The molecule has 93 heavy (non-hydrogen) atoms. The molecule has 0 N–H and O–H groups in total. The lowest BCUT2D eigenvalue weighted by Crippen LogP contribution is -2.10. The molecule has 14 aromatic carbocycles. The van der Waals surface area contributed by atoms with E-state index in [2.05, 4.69) is 275 Å². The molecule has 0 atom stereocenters. The van der Waals surface area contributed by atoms with Gasteiger partial charge in [-0.3, -0.25) is 0 Å². The second-order valence-electron chi connectivity index (χ2n) is 23.8. The van der Waals surface area contributed by atoms with Gasteiger partial charge in [0.2, 0.25) is 0 Å². The van der Waals surface area contributed by atoms with Gasteiger partial charge in [-0.25, -0.2) is 9.59 Å². The first-order valence-electron chi connectivity index (χ1n) is 31.3. The highest BCUT2D eigenvalue weighted by Crippen LogP contribution is 2.47. The molecule has 4 heterocycles. The molecule has 0 fully saturated rings. The molecule has 0 aliphatic carbocycles. The smallest absolute Gasteiger partial charge is 0.344 e. The van der Waals surface area contributed by atoms with Crippen molar-refractivity contribution in [2.45, 2.75) is 0 Å². The quantitative estimate of drug-likeness (QED) is 0.101. The van der Waals surface area contributed by atoms with E-state index >= 15 is 0 Å². The molecule has 0 unspecified atom stereocenters. The number of hydrogen-bond donors (Lipinski definition) is 0. The van der Waals surface area contributed by atoms with Crippen LogP contribution < -0.4 is 16.2 Å². The van der Waals surface area contributed by atoms with Gasteiger partial charge in [-0.05, 0) is 159 Å². The third kappa shape index (κ3) is 8.81. The monoisotopic (exact) mass is 1190 g/mol. The zero-order chi connectivity index (χ0) is 61.7. The van der Waals surface area contributed by atoms with E-state index in [0.717, 1.165) is 149 Å². The maximum Gasteiger partial charge on any atom is 0.344 e. The zero-order valence-electron chi connectivity index (χ0n) is 50.1. The lowest BCUT2D eigenvalue weighted by molar-refractivity contribution is 0.570. The first kappa shape index (κ1) is 53.4. The molecule has 0 bridgehead atoms. The van der Waals surface area contributed by atoms with Crippen molar-refractivity contribution in [1.29, 1.82) is 0 Å². The Bertz CT molecular complexity index is 6110. The fourth-order valence-corrected chi connectivity index (χ4v) is 14.4. The summed E-state index contributed by atoms with van der Waals surface area (Å²) >= 11 is 0. The summed E-state index contributed by atoms with van der Waals surface area (Å²) in [6.07, 6.45) is 0. The number of nitrogens with zero attached hydrogens (tertiary/aromatic N) is 3. The highest BCUT2D eigenvalue weighted by Gasteiger charge is 2.25. The predicted molar refractivity (Wildman–Crippen MR) is 384 cm³/mol. The molecule has 7 nitrogen and oxygen atoms in total. The summed E-state index contributed by atoms with van der Waals surface area (Å²) in [5.74, 6) is 0. The van der Waals surface area contributed by atoms with E-state index in [1.165, 1.54) is 0 Å². The van der Waals surface area contributed by atoms with Crippen LogP contribution in [0.2, 0.25) is 0 Å². The Kier molecular flexibility index (Phi) is 12.4. The van der Waals surface area contributed by atoms with Crippen molar-refractivity contribution in [1.82, 2.24) is 9.13 Å². The van der Waals surface area contributed by atoms with Crippen molar-refractivity contribution >= 4 is 104 Å². The summed E-state index contributed by atoms with van der Waals surface area (Å²) in [6.45, 7) is 0. The van der Waals surface area contributed by atoms with Crippen LogP contribution in [0.15, 0.2) is 340 Å². The van der Waals surface area contributed by atoms with Crippen LogP contribution in [0.4, 0.5) is 17.1 Å². The Morgan fingerprint density at radius 2 is 0.710 bits per heavy atom. The van der Waals surface area contributed by atoms with Gasteiger partial charge in [-0.1, -0.05) is 212 Å². The maximum atomic E-state index is 14.9. The van der Waals surface area contributed by atoms with E-state index in [1.54, 1.807) is 0 Å². The average molecular weight is 1190 g/mol. The summed E-state index contributed by atoms with van der Waals surface area (Å²) < 4.78 is 17.4. The van der Waals surface area contributed by atoms with Gasteiger partial charge in [-0.15, -0.1) is 0 Å². The van der Waals surface area contributed by atoms with Gasteiger partial charge >= 0.3 is 11.3 Å². The van der Waals surface area contributed by atoms with E-state index in [1.807, 2.05) is 60.7 Å². The Balaban J connectivity index is 0.771. The standard InChI is InChI=1S/C86H53N3O4/c90-85-70-37-14-13-36-68(70)82-79(92-85)45-44-77-80(82)71-38-15-17-40-75(71)88(77)66-35-21-29-58(49-66)57-28-19-33-64(47-57)87(63-31-11-4-12-32-63)65-34-20-30-59(48-65)60-42-43-69-74(52-60)86(91)93-84-73(56-26-9-3-10-27-56)53-78-81(83(69)84)72-39-16-18-41-76(72)89(78)67-50-61(54-22-5-1-6-23-54)46-62(51-67)55-24-7-2-8-25-55/h1-53H. The maximum absolute atomic E-state index is 14.9. The largest absolute Gasteiger partial charge is 0.422 e. The fourth-order valence-electron chi connectivity index (χ4n) is 14.4. The second kappa shape index (κ2) is 21.6. The molecule has 0 amide bonds. The van der Waals surface area contributed by atoms with Gasteiger partial charge in [0.15, 0.2) is 0 Å². The van der Waals surface area contributed by atoms with Gasteiger partial charge in [0.25, 0.3) is 0 Å². The van der Waals surface area contributed by atoms with Crippen LogP contribution >= 0.6 is 0 Å². The summed E-state index contributed by atoms with van der Waals surface area (Å²) in [7, 11) is 0. The van der Waals surface area contributed by atoms with Gasteiger partial charge in [-0.2, -0.15) is 0 Å². The van der Waals surface area contributed by atoms with Crippen molar-refractivity contribution < 1.29 is 8.83 Å². The van der Waals surface area contributed by atoms with E-state index in [9.17, 15) is 9.59 Å². The Hall–Kier alpha value is -12.6. The molecule has 0 saturated heterocycles. The molecular weight excluding hydrogens is 1140 g/mol. The summed E-state index contributed by atoms with van der Waals surface area (Å²) in [5, 5.41) is 8.72. The van der Waals surface area contributed by atoms with Crippen LogP contribution in [0.25, 0.3) is 154 Å². The highest BCUT2D eigenvalue weighted by atomic mass is 16.4. The van der Waals surface area contributed by atoms with E-state index in [0.29, 0.717) is 21.9 Å². The minimum Gasteiger partial charge on any atom is -0.422 e. The molecule has 0 saturated carbocycles. The summed E-state index contributed by atoms with van der Waals surface area (Å²) in [4.78, 5) is 30.4. The van der Waals surface area contributed by atoms with Crippen LogP contribution in [-0.2, 0) is 0 Å². The fraction of sp³-hybridized carbons (Fsp3) is 0. The Morgan fingerprint density at radius 1 is 0.247 bits per heavy atom. The number of benzene rings is 14.